The minimum atomic E-state index is -1.36. The molecule has 2 unspecified atom stereocenters. The normalized spacial score (nSPS) is 14.1. The maximum absolute atomic E-state index is 14.0. The van der Waals surface area contributed by atoms with Gasteiger partial charge in [-0.05, 0) is 48.1 Å². The highest BCUT2D eigenvalue weighted by atomic mass is 16.7. The first-order chi connectivity index (χ1) is 23.8. The molecule has 0 saturated carbocycles. The molecule has 0 saturated heterocycles. The van der Waals surface area contributed by atoms with Gasteiger partial charge in [-0.25, -0.2) is 4.79 Å². The Balaban J connectivity index is 1.47. The van der Waals surface area contributed by atoms with E-state index in [1.165, 1.54) is 26.4 Å². The Labute approximate surface area is 285 Å². The zero-order chi connectivity index (χ0) is 34.8. The first-order valence-electron chi connectivity index (χ1n) is 16.2. The number of nitrogens with zero attached hydrogens (tertiary/aromatic N) is 1. The second-order valence-electron chi connectivity index (χ2n) is 11.7. The van der Waals surface area contributed by atoms with E-state index in [0.29, 0.717) is 12.8 Å². The third kappa shape index (κ3) is 7.62. The van der Waals surface area contributed by atoms with Crippen molar-refractivity contribution < 1.29 is 38.5 Å². The lowest BCUT2D eigenvalue weighted by Gasteiger charge is -2.37. The number of nitrogens with one attached hydrogen (secondary N) is 1. The first kappa shape index (κ1) is 35.2. The summed E-state index contributed by atoms with van der Waals surface area (Å²) >= 11 is 0. The summed E-state index contributed by atoms with van der Waals surface area (Å²) in [6, 6.07) is 32.7. The van der Waals surface area contributed by atoms with Crippen molar-refractivity contribution in [1.82, 2.24) is 10.2 Å². The lowest BCUT2D eigenvalue weighted by molar-refractivity contribution is -0.143. The van der Waals surface area contributed by atoms with Crippen LogP contribution in [0.1, 0.15) is 63.1 Å². The van der Waals surface area contributed by atoms with Crippen LogP contribution >= 0.6 is 0 Å². The van der Waals surface area contributed by atoms with Gasteiger partial charge in [-0.2, -0.15) is 0 Å². The number of ether oxygens (including phenoxy) is 3. The second-order valence-corrected chi connectivity index (χ2v) is 11.7. The van der Waals surface area contributed by atoms with Gasteiger partial charge in [0.05, 0.1) is 17.7 Å². The van der Waals surface area contributed by atoms with Crippen LogP contribution in [0.2, 0.25) is 0 Å². The predicted octanol–water partition coefficient (Wildman–Crippen LogP) is 5.41. The Morgan fingerprint density at radius 1 is 0.694 bits per heavy atom. The Bertz CT molecular complexity index is 1600. The second kappa shape index (κ2) is 16.3. The highest BCUT2D eigenvalue weighted by Gasteiger charge is 2.44. The topological polar surface area (TPSA) is 131 Å². The summed E-state index contributed by atoms with van der Waals surface area (Å²) in [6.45, 7) is -0.0781. The molecule has 254 valence electrons. The number of aliphatic carboxylic acids is 1. The number of carbonyl (C=O) groups excluding carboxylic acids is 3. The van der Waals surface area contributed by atoms with Crippen molar-refractivity contribution >= 4 is 23.7 Å². The van der Waals surface area contributed by atoms with E-state index in [2.05, 4.69) is 5.32 Å². The molecule has 4 aromatic rings. The predicted molar refractivity (Wildman–Crippen MR) is 182 cm³/mol. The Hall–Kier alpha value is -5.16. The number of fused-ring (bicyclic) bond motifs is 1. The number of imide groups is 1. The molecule has 2 atom stereocenters. The molecular formula is C39H40N2O8. The molecule has 0 aliphatic carbocycles. The van der Waals surface area contributed by atoms with Gasteiger partial charge in [0.1, 0.15) is 17.7 Å². The number of rotatable bonds is 17. The number of benzene rings is 4. The fourth-order valence-corrected chi connectivity index (χ4v) is 6.31. The number of carboxylic acid groups (broad SMARTS) is 1. The molecule has 1 aliphatic rings. The zero-order valence-corrected chi connectivity index (χ0v) is 27.5. The average molecular weight is 665 g/mol. The standard InChI is InChI=1S/C39H40N2O8/c1-47-34(48-2)24-14-23-32(38(45)46)40-35(42)33(41-36(43)30-21-12-13-22-31(30)37(41)44)25-26-49-39(27-15-6-3-7-16-27,28-17-8-4-9-18-28)29-19-10-5-11-20-29/h3-13,15-22,32-34H,14,23-26H2,1-2H3,(H,40,42)(H,45,46). The highest BCUT2D eigenvalue weighted by Crippen LogP contribution is 2.40. The Kier molecular flexibility index (Phi) is 11.7. The smallest absolute Gasteiger partial charge is 0.326 e. The zero-order valence-electron chi connectivity index (χ0n) is 27.5. The number of carbonyl (C=O) groups is 4. The van der Waals surface area contributed by atoms with Gasteiger partial charge in [-0.3, -0.25) is 19.3 Å². The molecule has 1 aliphatic heterocycles. The summed E-state index contributed by atoms with van der Waals surface area (Å²) in [7, 11) is 2.98. The van der Waals surface area contributed by atoms with Crippen LogP contribution in [-0.2, 0) is 29.4 Å². The van der Waals surface area contributed by atoms with E-state index in [1.54, 1.807) is 12.1 Å². The third-order valence-electron chi connectivity index (χ3n) is 8.76. The van der Waals surface area contributed by atoms with Crippen LogP contribution in [0, 0.1) is 0 Å². The van der Waals surface area contributed by atoms with Gasteiger partial charge in [0.2, 0.25) is 5.91 Å². The van der Waals surface area contributed by atoms with Gasteiger partial charge >= 0.3 is 5.97 Å². The lowest BCUT2D eigenvalue weighted by Crippen LogP contribution is -2.54. The van der Waals surface area contributed by atoms with Gasteiger partial charge < -0.3 is 24.6 Å². The maximum Gasteiger partial charge on any atom is 0.326 e. The molecule has 3 amide bonds. The largest absolute Gasteiger partial charge is 0.480 e. The summed E-state index contributed by atoms with van der Waals surface area (Å²) < 4.78 is 17.3. The van der Waals surface area contributed by atoms with Crippen LogP contribution < -0.4 is 5.32 Å². The van der Waals surface area contributed by atoms with E-state index < -0.39 is 47.7 Å². The van der Waals surface area contributed by atoms with E-state index in [-0.39, 0.29) is 30.6 Å². The lowest BCUT2D eigenvalue weighted by atomic mass is 9.80. The van der Waals surface area contributed by atoms with E-state index >= 15 is 0 Å². The van der Waals surface area contributed by atoms with Crippen LogP contribution in [0.15, 0.2) is 115 Å². The first-order valence-corrected chi connectivity index (χ1v) is 16.2. The fraction of sp³-hybridized carbons (Fsp3) is 0.282. The molecule has 0 radical (unpaired) electrons. The minimum Gasteiger partial charge on any atom is -0.480 e. The van der Waals surface area contributed by atoms with E-state index in [0.717, 1.165) is 21.6 Å². The van der Waals surface area contributed by atoms with Crippen molar-refractivity contribution in [2.24, 2.45) is 0 Å². The van der Waals surface area contributed by atoms with Crippen molar-refractivity contribution in [1.29, 1.82) is 0 Å². The van der Waals surface area contributed by atoms with Gasteiger partial charge in [-0.1, -0.05) is 103 Å². The van der Waals surface area contributed by atoms with Crippen molar-refractivity contribution in [3.8, 4) is 0 Å². The molecule has 10 nitrogen and oxygen atoms in total. The van der Waals surface area contributed by atoms with E-state index in [9.17, 15) is 24.3 Å². The summed E-state index contributed by atoms with van der Waals surface area (Å²) in [5.74, 6) is -3.27. The van der Waals surface area contributed by atoms with Gasteiger partial charge in [0.15, 0.2) is 6.29 Å². The van der Waals surface area contributed by atoms with Crippen LogP contribution in [0.25, 0.3) is 0 Å². The molecule has 49 heavy (non-hydrogen) atoms. The van der Waals surface area contributed by atoms with E-state index in [1.807, 2.05) is 91.0 Å². The maximum atomic E-state index is 14.0. The average Bonchev–Trinajstić information content (AvgIpc) is 3.39. The molecule has 10 heteroatoms. The number of hydrogen-bond donors (Lipinski definition) is 2. The molecular weight excluding hydrogens is 624 g/mol. The summed E-state index contributed by atoms with van der Waals surface area (Å²) in [5, 5.41) is 12.6. The van der Waals surface area contributed by atoms with Gasteiger partial charge in [0, 0.05) is 20.6 Å². The number of amides is 3. The molecule has 0 bridgehead atoms. The molecule has 5 rings (SSSR count). The van der Waals surface area contributed by atoms with Crippen molar-refractivity contribution in [2.45, 2.75) is 49.7 Å². The number of hydrogen-bond acceptors (Lipinski definition) is 7. The molecule has 1 heterocycles. The number of methoxy groups -OCH3 is 2. The quantitative estimate of drug-likeness (QED) is 0.0871. The Morgan fingerprint density at radius 2 is 1.14 bits per heavy atom. The van der Waals surface area contributed by atoms with Crippen molar-refractivity contribution in [3.63, 3.8) is 0 Å². The minimum absolute atomic E-state index is 0.0781. The van der Waals surface area contributed by atoms with Gasteiger partial charge in [0.25, 0.3) is 11.8 Å². The van der Waals surface area contributed by atoms with Crippen LogP contribution in [0.4, 0.5) is 0 Å². The van der Waals surface area contributed by atoms with Crippen molar-refractivity contribution in [2.75, 3.05) is 20.8 Å². The highest BCUT2D eigenvalue weighted by molar-refractivity contribution is 6.22. The van der Waals surface area contributed by atoms with Crippen LogP contribution in [0.3, 0.4) is 0 Å². The summed E-state index contributed by atoms with van der Waals surface area (Å²) in [6.07, 6.45) is 0.232. The van der Waals surface area contributed by atoms with E-state index in [4.69, 9.17) is 14.2 Å². The molecule has 4 aromatic carbocycles. The summed E-state index contributed by atoms with van der Waals surface area (Å²) in [5.41, 5.74) is 1.76. The number of carboxylic acids is 1. The molecule has 0 spiro atoms. The van der Waals surface area contributed by atoms with Crippen LogP contribution in [0.5, 0.6) is 0 Å². The third-order valence-corrected chi connectivity index (χ3v) is 8.76. The molecule has 0 aromatic heterocycles. The molecule has 2 N–H and O–H groups in total. The fourth-order valence-electron chi connectivity index (χ4n) is 6.31. The summed E-state index contributed by atoms with van der Waals surface area (Å²) in [4.78, 5) is 54.5. The monoisotopic (exact) mass is 664 g/mol. The van der Waals surface area contributed by atoms with Crippen LogP contribution in [-0.4, -0.2) is 72.9 Å². The van der Waals surface area contributed by atoms with Gasteiger partial charge in [-0.15, -0.1) is 0 Å². The molecule has 0 fully saturated rings. The Morgan fingerprint density at radius 3 is 1.57 bits per heavy atom. The SMILES string of the molecule is COC(CCCC(NC(=O)C(CCOC(c1ccccc1)(c1ccccc1)c1ccccc1)N1C(=O)c2ccccc2C1=O)C(=O)O)OC. The van der Waals surface area contributed by atoms with Crippen molar-refractivity contribution in [3.05, 3.63) is 143 Å².